The quantitative estimate of drug-likeness (QED) is 0.879. The lowest BCUT2D eigenvalue weighted by molar-refractivity contribution is -0.151. The number of hydrogen-bond donors (Lipinski definition) is 1. The van der Waals surface area contributed by atoms with Crippen LogP contribution in [0.2, 0.25) is 0 Å². The molecule has 1 heterocycles. The van der Waals surface area contributed by atoms with E-state index in [0.717, 1.165) is 17.7 Å². The topological polar surface area (TPSA) is 66.8 Å². The first-order valence-electron chi connectivity index (χ1n) is 8.44. The molecule has 5 nitrogen and oxygen atoms in total. The summed E-state index contributed by atoms with van der Waals surface area (Å²) >= 11 is 0. The monoisotopic (exact) mass is 339 g/mol. The fourth-order valence-electron chi connectivity index (χ4n) is 3.03. The normalized spacial score (nSPS) is 19.5. The maximum Gasteiger partial charge on any atom is 0.332 e. The van der Waals surface area contributed by atoms with Crippen LogP contribution in [0.5, 0.6) is 0 Å². The van der Waals surface area contributed by atoms with Crippen LogP contribution >= 0.6 is 0 Å². The summed E-state index contributed by atoms with van der Waals surface area (Å²) in [5, 5.41) is 9.07. The maximum atomic E-state index is 12.9. The van der Waals surface area contributed by atoms with Gasteiger partial charge in [0.15, 0.2) is 6.10 Å². The van der Waals surface area contributed by atoms with E-state index in [1.807, 2.05) is 60.7 Å². The number of nitrogens with zero attached hydrogens (tertiary/aromatic N) is 1. The predicted octanol–water partition coefficient (Wildman–Crippen LogP) is 2.89. The van der Waals surface area contributed by atoms with Crippen LogP contribution in [0.1, 0.15) is 18.4 Å². The fraction of sp³-hybridized carbons (Fsp3) is 0.300. The van der Waals surface area contributed by atoms with Crippen LogP contribution < -0.4 is 4.90 Å². The molecule has 1 fully saturated rings. The maximum absolute atomic E-state index is 12.9. The summed E-state index contributed by atoms with van der Waals surface area (Å²) in [6.07, 6.45) is -0.0635. The van der Waals surface area contributed by atoms with Crippen LogP contribution in [0.15, 0.2) is 60.7 Å². The third-order valence-corrected chi connectivity index (χ3v) is 4.37. The highest BCUT2D eigenvalue weighted by atomic mass is 16.5. The first-order chi connectivity index (χ1) is 12.1. The number of carboxylic acids is 1. The van der Waals surface area contributed by atoms with E-state index < -0.39 is 18.2 Å². The summed E-state index contributed by atoms with van der Waals surface area (Å²) in [4.78, 5) is 25.7. The number of carboxylic acid groups (broad SMARTS) is 1. The number of ether oxygens (including phenoxy) is 1. The Balaban J connectivity index is 1.74. The molecule has 0 unspecified atom stereocenters. The van der Waals surface area contributed by atoms with Gasteiger partial charge in [0.25, 0.3) is 5.91 Å². The third-order valence-electron chi connectivity index (χ3n) is 4.37. The number of para-hydroxylation sites is 1. The Hall–Kier alpha value is -2.66. The van der Waals surface area contributed by atoms with Crippen LogP contribution in [0, 0.1) is 0 Å². The van der Waals surface area contributed by atoms with Gasteiger partial charge in [-0.15, -0.1) is 0 Å². The predicted molar refractivity (Wildman–Crippen MR) is 94.5 cm³/mol. The Morgan fingerprint density at radius 2 is 1.56 bits per heavy atom. The van der Waals surface area contributed by atoms with Crippen molar-refractivity contribution in [1.82, 2.24) is 0 Å². The van der Waals surface area contributed by atoms with Gasteiger partial charge in [-0.25, -0.2) is 4.79 Å². The summed E-state index contributed by atoms with van der Waals surface area (Å²) in [6.45, 7) is 0.518. The zero-order valence-corrected chi connectivity index (χ0v) is 13.9. The Labute approximate surface area is 146 Å². The van der Waals surface area contributed by atoms with Gasteiger partial charge in [-0.05, 0) is 37.0 Å². The number of benzene rings is 2. The van der Waals surface area contributed by atoms with E-state index >= 15 is 0 Å². The summed E-state index contributed by atoms with van der Waals surface area (Å²) < 4.78 is 5.45. The number of anilines is 1. The van der Waals surface area contributed by atoms with Crippen molar-refractivity contribution in [2.45, 2.75) is 31.5 Å². The highest BCUT2D eigenvalue weighted by molar-refractivity contribution is 5.97. The second-order valence-corrected chi connectivity index (χ2v) is 6.09. The van der Waals surface area contributed by atoms with Crippen molar-refractivity contribution in [1.29, 1.82) is 0 Å². The minimum absolute atomic E-state index is 0.175. The first-order valence-corrected chi connectivity index (χ1v) is 8.44. The van der Waals surface area contributed by atoms with Crippen molar-refractivity contribution in [2.75, 3.05) is 11.4 Å². The number of aliphatic carboxylic acids is 1. The van der Waals surface area contributed by atoms with Crippen molar-refractivity contribution in [3.63, 3.8) is 0 Å². The standard InChI is InChI=1S/C20H21NO4/c22-19(17-11-12-18(25-17)20(23)24)21(16-9-5-2-6-10-16)14-13-15-7-3-1-4-8-15/h1-10,17-18H,11-14H2,(H,23,24)/t17-,18+/m1/s1. The van der Waals surface area contributed by atoms with Gasteiger partial charge in [-0.1, -0.05) is 48.5 Å². The molecule has 2 atom stereocenters. The Morgan fingerprint density at radius 1 is 0.960 bits per heavy atom. The number of carbonyl (C=O) groups is 2. The van der Waals surface area contributed by atoms with Gasteiger partial charge in [0.2, 0.25) is 0 Å². The zero-order chi connectivity index (χ0) is 17.6. The van der Waals surface area contributed by atoms with Crippen molar-refractivity contribution in [3.8, 4) is 0 Å². The number of hydrogen-bond acceptors (Lipinski definition) is 3. The third kappa shape index (κ3) is 4.25. The highest BCUT2D eigenvalue weighted by Crippen LogP contribution is 2.24. The largest absolute Gasteiger partial charge is 0.479 e. The van der Waals surface area contributed by atoms with Crippen LogP contribution in [-0.2, 0) is 20.7 Å². The average Bonchev–Trinajstić information content (AvgIpc) is 3.14. The lowest BCUT2D eigenvalue weighted by Crippen LogP contribution is -2.41. The summed E-state index contributed by atoms with van der Waals surface area (Å²) in [5.41, 5.74) is 1.94. The average molecular weight is 339 g/mol. The molecule has 1 N–H and O–H groups in total. The molecule has 130 valence electrons. The lowest BCUT2D eigenvalue weighted by Gasteiger charge is -2.25. The van der Waals surface area contributed by atoms with Gasteiger partial charge in [0, 0.05) is 12.2 Å². The smallest absolute Gasteiger partial charge is 0.332 e. The van der Waals surface area contributed by atoms with Gasteiger partial charge in [-0.2, -0.15) is 0 Å². The Kier molecular flexibility index (Phi) is 5.46. The highest BCUT2D eigenvalue weighted by Gasteiger charge is 2.37. The van der Waals surface area contributed by atoms with Gasteiger partial charge in [-0.3, -0.25) is 4.79 Å². The molecule has 3 rings (SSSR count). The summed E-state index contributed by atoms with van der Waals surface area (Å²) in [5.74, 6) is -1.18. The molecule has 0 radical (unpaired) electrons. The Bertz CT molecular complexity index is 717. The first kappa shape index (κ1) is 17.2. The molecular weight excluding hydrogens is 318 g/mol. The SMILES string of the molecule is O=C(O)[C@@H]1CC[C@H](C(=O)N(CCc2ccccc2)c2ccccc2)O1. The van der Waals surface area contributed by atoms with Crippen molar-refractivity contribution in [2.24, 2.45) is 0 Å². The van der Waals surface area contributed by atoms with Gasteiger partial charge >= 0.3 is 5.97 Å². The van der Waals surface area contributed by atoms with Gasteiger partial charge in [0.05, 0.1) is 0 Å². The molecule has 1 saturated heterocycles. The number of carbonyl (C=O) groups excluding carboxylic acids is 1. The van der Waals surface area contributed by atoms with Crippen LogP contribution in [0.25, 0.3) is 0 Å². The zero-order valence-electron chi connectivity index (χ0n) is 13.9. The van der Waals surface area contributed by atoms with Gasteiger partial charge < -0.3 is 14.7 Å². The van der Waals surface area contributed by atoms with Crippen molar-refractivity contribution >= 4 is 17.6 Å². The molecule has 0 aromatic heterocycles. The minimum Gasteiger partial charge on any atom is -0.479 e. The van der Waals surface area contributed by atoms with Crippen LogP contribution in [-0.4, -0.2) is 35.7 Å². The number of amides is 1. The van der Waals surface area contributed by atoms with E-state index in [9.17, 15) is 9.59 Å². The summed E-state index contributed by atoms with van der Waals surface area (Å²) in [7, 11) is 0. The molecule has 0 aliphatic carbocycles. The fourth-order valence-corrected chi connectivity index (χ4v) is 3.03. The molecule has 1 aliphatic rings. The second-order valence-electron chi connectivity index (χ2n) is 6.09. The minimum atomic E-state index is -1.01. The summed E-state index contributed by atoms with van der Waals surface area (Å²) in [6, 6.07) is 19.4. The molecule has 1 amide bonds. The van der Waals surface area contributed by atoms with E-state index in [2.05, 4.69) is 0 Å². The van der Waals surface area contributed by atoms with Crippen molar-refractivity contribution in [3.05, 3.63) is 66.2 Å². The van der Waals surface area contributed by atoms with E-state index in [4.69, 9.17) is 9.84 Å². The molecule has 2 aromatic rings. The molecule has 0 spiro atoms. The van der Waals surface area contributed by atoms with E-state index in [0.29, 0.717) is 19.4 Å². The van der Waals surface area contributed by atoms with E-state index in [1.54, 1.807) is 4.90 Å². The van der Waals surface area contributed by atoms with Crippen LogP contribution in [0.4, 0.5) is 5.69 Å². The second kappa shape index (κ2) is 7.94. The molecule has 2 aromatic carbocycles. The van der Waals surface area contributed by atoms with Gasteiger partial charge in [0.1, 0.15) is 6.10 Å². The molecule has 0 saturated carbocycles. The van der Waals surface area contributed by atoms with E-state index in [-0.39, 0.29) is 5.91 Å². The lowest BCUT2D eigenvalue weighted by atomic mass is 10.1. The Morgan fingerprint density at radius 3 is 2.16 bits per heavy atom. The molecular formula is C20H21NO4. The number of rotatable bonds is 6. The molecule has 1 aliphatic heterocycles. The molecule has 0 bridgehead atoms. The molecule has 5 heteroatoms. The van der Waals surface area contributed by atoms with E-state index in [1.165, 1.54) is 0 Å². The molecule has 25 heavy (non-hydrogen) atoms. The van der Waals surface area contributed by atoms with Crippen molar-refractivity contribution < 1.29 is 19.4 Å². The van der Waals surface area contributed by atoms with Crippen LogP contribution in [0.3, 0.4) is 0 Å².